The Balaban J connectivity index is 1.86. The summed E-state index contributed by atoms with van der Waals surface area (Å²) in [6.07, 6.45) is -1.17. The summed E-state index contributed by atoms with van der Waals surface area (Å²) in [6, 6.07) is 19.5. The number of hydrogen-bond acceptors (Lipinski definition) is 5. The van der Waals surface area contributed by atoms with E-state index in [2.05, 4.69) is 15.7 Å². The number of carbonyl (C=O) groups excluding carboxylic acids is 3. The highest BCUT2D eigenvalue weighted by atomic mass is 16.5. The second-order valence-electron chi connectivity index (χ2n) is 6.42. The molecule has 8 heteroatoms. The molecule has 3 aromatic rings. The molecule has 30 heavy (non-hydrogen) atoms. The van der Waals surface area contributed by atoms with Gasteiger partial charge in [-0.25, -0.2) is 14.3 Å². The zero-order valence-electron chi connectivity index (χ0n) is 16.7. The summed E-state index contributed by atoms with van der Waals surface area (Å²) < 4.78 is 6.77. The standard InChI is InChI=1S/C22H22N4O4/c1-3-23-22(29)24-20(27)15(2)30-21(28)19-14-18(16-10-6-4-7-11-16)25-26(19)17-12-8-5-9-13-17/h4-15H,3H2,1-2H3,(H2,23,24,27,29)/t15-/m0/s1. The molecule has 0 fully saturated rings. The number of carbonyl (C=O) groups is 3. The Bertz CT molecular complexity index is 1030. The highest BCUT2D eigenvalue weighted by molar-refractivity contribution is 5.98. The minimum absolute atomic E-state index is 0.165. The fourth-order valence-corrected chi connectivity index (χ4v) is 2.74. The van der Waals surface area contributed by atoms with Crippen molar-refractivity contribution in [3.8, 4) is 16.9 Å². The Labute approximate surface area is 173 Å². The molecule has 3 rings (SSSR count). The van der Waals surface area contributed by atoms with Crippen molar-refractivity contribution >= 4 is 17.9 Å². The third-order valence-electron chi connectivity index (χ3n) is 4.22. The van der Waals surface area contributed by atoms with E-state index in [0.717, 1.165) is 5.56 Å². The molecule has 0 aliphatic heterocycles. The van der Waals surface area contributed by atoms with Crippen molar-refractivity contribution in [3.05, 3.63) is 72.4 Å². The second-order valence-corrected chi connectivity index (χ2v) is 6.42. The SMILES string of the molecule is CCNC(=O)NC(=O)[C@H](C)OC(=O)c1cc(-c2ccccc2)nn1-c1ccccc1. The third-order valence-corrected chi connectivity index (χ3v) is 4.22. The van der Waals surface area contributed by atoms with Crippen LogP contribution in [0.5, 0.6) is 0 Å². The lowest BCUT2D eigenvalue weighted by atomic mass is 10.1. The number of ether oxygens (including phenoxy) is 1. The van der Waals surface area contributed by atoms with Crippen molar-refractivity contribution in [2.45, 2.75) is 20.0 Å². The smallest absolute Gasteiger partial charge is 0.357 e. The molecule has 0 aliphatic rings. The fraction of sp³-hybridized carbons (Fsp3) is 0.182. The molecular formula is C22H22N4O4. The summed E-state index contributed by atoms with van der Waals surface area (Å²) in [6.45, 7) is 3.49. The summed E-state index contributed by atoms with van der Waals surface area (Å²) in [5.41, 5.74) is 2.26. The molecule has 0 saturated carbocycles. The summed E-state index contributed by atoms with van der Waals surface area (Å²) in [5.74, 6) is -1.45. The number of imide groups is 1. The lowest BCUT2D eigenvalue weighted by Gasteiger charge is -2.13. The summed E-state index contributed by atoms with van der Waals surface area (Å²) in [5, 5.41) is 9.12. The molecule has 0 saturated heterocycles. The Hall–Kier alpha value is -3.94. The minimum Gasteiger partial charge on any atom is -0.448 e. The predicted molar refractivity (Wildman–Crippen MR) is 111 cm³/mol. The zero-order valence-corrected chi connectivity index (χ0v) is 16.7. The van der Waals surface area contributed by atoms with Crippen molar-refractivity contribution in [3.63, 3.8) is 0 Å². The number of nitrogens with zero attached hydrogens (tertiary/aromatic N) is 2. The van der Waals surface area contributed by atoms with E-state index < -0.39 is 24.0 Å². The van der Waals surface area contributed by atoms with Crippen LogP contribution in [-0.4, -0.2) is 40.3 Å². The maximum atomic E-state index is 12.8. The van der Waals surface area contributed by atoms with Crippen LogP contribution in [-0.2, 0) is 9.53 Å². The van der Waals surface area contributed by atoms with Gasteiger partial charge in [0.1, 0.15) is 0 Å². The number of esters is 1. The first-order chi connectivity index (χ1) is 14.5. The molecule has 2 aromatic carbocycles. The summed E-state index contributed by atoms with van der Waals surface area (Å²) >= 11 is 0. The second kappa shape index (κ2) is 9.51. The van der Waals surface area contributed by atoms with Crippen LogP contribution in [0.3, 0.4) is 0 Å². The molecule has 154 valence electrons. The maximum absolute atomic E-state index is 12.8. The average Bonchev–Trinajstić information content (AvgIpc) is 3.21. The van der Waals surface area contributed by atoms with Crippen molar-refractivity contribution in [2.75, 3.05) is 6.54 Å². The molecule has 0 aliphatic carbocycles. The van der Waals surface area contributed by atoms with Gasteiger partial charge in [-0.3, -0.25) is 10.1 Å². The van der Waals surface area contributed by atoms with Gasteiger partial charge in [0.15, 0.2) is 11.8 Å². The third kappa shape index (κ3) is 4.91. The number of hydrogen-bond donors (Lipinski definition) is 2. The van der Waals surface area contributed by atoms with E-state index in [1.165, 1.54) is 11.6 Å². The van der Waals surface area contributed by atoms with E-state index >= 15 is 0 Å². The highest BCUT2D eigenvalue weighted by Gasteiger charge is 2.24. The predicted octanol–water partition coefficient (Wildman–Crippen LogP) is 2.93. The Morgan fingerprint density at radius 2 is 1.67 bits per heavy atom. The van der Waals surface area contributed by atoms with E-state index in [4.69, 9.17) is 4.74 Å². The molecular weight excluding hydrogens is 384 g/mol. The van der Waals surface area contributed by atoms with E-state index in [1.807, 2.05) is 60.7 Å². The molecule has 8 nitrogen and oxygen atoms in total. The van der Waals surface area contributed by atoms with Gasteiger partial charge in [-0.1, -0.05) is 48.5 Å². The zero-order chi connectivity index (χ0) is 21.5. The van der Waals surface area contributed by atoms with Gasteiger partial charge in [0.2, 0.25) is 0 Å². The van der Waals surface area contributed by atoms with Gasteiger partial charge in [0, 0.05) is 12.1 Å². The first kappa shape index (κ1) is 20.8. The summed E-state index contributed by atoms with van der Waals surface area (Å²) in [4.78, 5) is 36.5. The van der Waals surface area contributed by atoms with Gasteiger partial charge in [-0.15, -0.1) is 0 Å². The Morgan fingerprint density at radius 1 is 1.03 bits per heavy atom. The van der Waals surface area contributed by atoms with Crippen LogP contribution in [0.4, 0.5) is 4.79 Å². The van der Waals surface area contributed by atoms with Crippen LogP contribution in [0.15, 0.2) is 66.7 Å². The molecule has 0 unspecified atom stereocenters. The number of aromatic nitrogens is 2. The average molecular weight is 406 g/mol. The molecule has 3 amide bonds. The van der Waals surface area contributed by atoms with Crippen LogP contribution in [0, 0.1) is 0 Å². The number of urea groups is 1. The van der Waals surface area contributed by atoms with Crippen molar-refractivity contribution in [1.82, 2.24) is 20.4 Å². The first-order valence-corrected chi connectivity index (χ1v) is 9.50. The largest absolute Gasteiger partial charge is 0.448 e. The molecule has 0 radical (unpaired) electrons. The molecule has 0 spiro atoms. The van der Waals surface area contributed by atoms with E-state index in [0.29, 0.717) is 17.9 Å². The monoisotopic (exact) mass is 406 g/mol. The van der Waals surface area contributed by atoms with Crippen molar-refractivity contribution in [1.29, 1.82) is 0 Å². The van der Waals surface area contributed by atoms with Gasteiger partial charge in [0.05, 0.1) is 11.4 Å². The minimum atomic E-state index is -1.17. The lowest BCUT2D eigenvalue weighted by molar-refractivity contribution is -0.127. The highest BCUT2D eigenvalue weighted by Crippen LogP contribution is 2.22. The van der Waals surface area contributed by atoms with Crippen LogP contribution < -0.4 is 10.6 Å². The van der Waals surface area contributed by atoms with Gasteiger partial charge in [-0.05, 0) is 32.0 Å². The number of nitrogens with one attached hydrogen (secondary N) is 2. The van der Waals surface area contributed by atoms with E-state index in [-0.39, 0.29) is 5.69 Å². The molecule has 1 heterocycles. The van der Waals surface area contributed by atoms with Gasteiger partial charge >= 0.3 is 12.0 Å². The molecule has 1 atom stereocenters. The Kier molecular flexibility index (Phi) is 6.59. The number of rotatable bonds is 6. The molecule has 1 aromatic heterocycles. The molecule has 2 N–H and O–H groups in total. The van der Waals surface area contributed by atoms with Crippen molar-refractivity contribution < 1.29 is 19.1 Å². The first-order valence-electron chi connectivity index (χ1n) is 9.50. The quantitative estimate of drug-likeness (QED) is 0.613. The summed E-state index contributed by atoms with van der Waals surface area (Å²) in [7, 11) is 0. The number of amides is 3. The normalized spacial score (nSPS) is 11.4. The molecule has 0 bridgehead atoms. The Morgan fingerprint density at radius 3 is 2.30 bits per heavy atom. The van der Waals surface area contributed by atoms with E-state index in [9.17, 15) is 14.4 Å². The van der Waals surface area contributed by atoms with Crippen LogP contribution >= 0.6 is 0 Å². The van der Waals surface area contributed by atoms with Gasteiger partial charge < -0.3 is 10.1 Å². The fourth-order valence-electron chi connectivity index (χ4n) is 2.74. The van der Waals surface area contributed by atoms with Crippen LogP contribution in [0.2, 0.25) is 0 Å². The van der Waals surface area contributed by atoms with Gasteiger partial charge in [0.25, 0.3) is 5.91 Å². The maximum Gasteiger partial charge on any atom is 0.357 e. The van der Waals surface area contributed by atoms with Gasteiger partial charge in [-0.2, -0.15) is 5.10 Å². The van der Waals surface area contributed by atoms with E-state index in [1.54, 1.807) is 13.0 Å². The van der Waals surface area contributed by atoms with Crippen LogP contribution in [0.1, 0.15) is 24.3 Å². The van der Waals surface area contributed by atoms with Crippen LogP contribution in [0.25, 0.3) is 16.9 Å². The number of para-hydroxylation sites is 1. The van der Waals surface area contributed by atoms with Crippen molar-refractivity contribution in [2.24, 2.45) is 0 Å². The topological polar surface area (TPSA) is 102 Å². The number of benzene rings is 2. The lowest BCUT2D eigenvalue weighted by Crippen LogP contribution is -2.44.